The normalized spacial score (nSPS) is 15.9. The number of methoxy groups -OCH3 is 1. The molecule has 1 aliphatic carbocycles. The molecular weight excluding hydrogens is 464 g/mol. The van der Waals surface area contributed by atoms with Gasteiger partial charge in [-0.1, -0.05) is 69.9 Å². The molecule has 0 saturated heterocycles. The lowest BCUT2D eigenvalue weighted by atomic mass is 9.86. The van der Waals surface area contributed by atoms with Gasteiger partial charge in [-0.3, -0.25) is 0 Å². The number of hydrogen-bond donors (Lipinski definition) is 0. The van der Waals surface area contributed by atoms with Crippen molar-refractivity contribution in [3.05, 3.63) is 65.7 Å². The molecule has 192 valence electrons. The smallest absolute Gasteiger partial charge is 0.339 e. The monoisotopic (exact) mass is 504 g/mol. The van der Waals surface area contributed by atoms with Crippen LogP contribution in [0.25, 0.3) is 16.8 Å². The molecule has 0 bridgehead atoms. The summed E-state index contributed by atoms with van der Waals surface area (Å²) in [6.07, 6.45) is 23.7. The molecule has 5 heteroatoms. The van der Waals surface area contributed by atoms with E-state index in [1.54, 1.807) is 18.0 Å². The zero-order chi connectivity index (χ0) is 25.2. The predicted octanol–water partition coefficient (Wildman–Crippen LogP) is 8.44. The van der Waals surface area contributed by atoms with Crippen LogP contribution in [0.5, 0.6) is 0 Å². The molecule has 3 aromatic rings. The summed E-state index contributed by atoms with van der Waals surface area (Å²) < 4.78 is 7.34. The molecule has 0 fully saturated rings. The van der Waals surface area contributed by atoms with Crippen LogP contribution in [0.3, 0.4) is 0 Å². The molecule has 0 saturated carbocycles. The van der Waals surface area contributed by atoms with E-state index in [0.717, 1.165) is 41.8 Å². The Morgan fingerprint density at radius 1 is 0.861 bits per heavy atom. The molecule has 4 nitrogen and oxygen atoms in total. The largest absolute Gasteiger partial charge is 0.465 e. The zero-order valence-corrected chi connectivity index (χ0v) is 22.7. The molecule has 2 aromatic carbocycles. The third-order valence-electron chi connectivity index (χ3n) is 7.46. The van der Waals surface area contributed by atoms with E-state index in [1.807, 2.05) is 17.1 Å². The third-order valence-corrected chi connectivity index (χ3v) is 8.22. The van der Waals surface area contributed by atoms with Gasteiger partial charge in [0.1, 0.15) is 0 Å². The summed E-state index contributed by atoms with van der Waals surface area (Å²) in [5.74, 6) is -0.199. The average molecular weight is 505 g/mol. The van der Waals surface area contributed by atoms with Gasteiger partial charge in [-0.25, -0.2) is 9.78 Å². The Kier molecular flexibility index (Phi) is 10.1. The first-order chi connectivity index (χ1) is 17.7. The van der Waals surface area contributed by atoms with Crippen LogP contribution >= 0.6 is 11.8 Å². The molecule has 1 aromatic heterocycles. The van der Waals surface area contributed by atoms with E-state index >= 15 is 0 Å². The van der Waals surface area contributed by atoms with Crippen molar-refractivity contribution in [3.63, 3.8) is 0 Å². The lowest BCUT2D eigenvalue weighted by Crippen LogP contribution is -2.12. The molecular formula is C31H40N2O2S. The van der Waals surface area contributed by atoms with Gasteiger partial charge < -0.3 is 9.30 Å². The molecule has 0 radical (unpaired) electrons. The molecule has 0 amide bonds. The van der Waals surface area contributed by atoms with Crippen molar-refractivity contribution < 1.29 is 9.53 Å². The Hall–Kier alpha value is -2.53. The highest BCUT2D eigenvalue weighted by molar-refractivity contribution is 7.98. The fraction of sp³-hybridized carbons (Fsp3) is 0.484. The maximum atomic E-state index is 13.1. The molecule has 0 aliphatic heterocycles. The molecule has 4 rings (SSSR count). The van der Waals surface area contributed by atoms with E-state index in [9.17, 15) is 4.79 Å². The van der Waals surface area contributed by atoms with Crippen molar-refractivity contribution in [2.75, 3.05) is 13.4 Å². The number of thioether (sulfide) groups is 1. The summed E-state index contributed by atoms with van der Waals surface area (Å²) >= 11 is 1.65. The van der Waals surface area contributed by atoms with Crippen molar-refractivity contribution in [1.82, 2.24) is 9.55 Å². The topological polar surface area (TPSA) is 44.1 Å². The molecule has 1 aliphatic rings. The number of carbonyl (C=O) groups is 1. The molecule has 36 heavy (non-hydrogen) atoms. The van der Waals surface area contributed by atoms with Crippen LogP contribution in [0.15, 0.2) is 53.9 Å². The van der Waals surface area contributed by atoms with E-state index in [2.05, 4.69) is 41.6 Å². The van der Waals surface area contributed by atoms with Crippen LogP contribution in [-0.4, -0.2) is 28.9 Å². The van der Waals surface area contributed by atoms with Gasteiger partial charge in [-0.15, -0.1) is 11.8 Å². The van der Waals surface area contributed by atoms with Gasteiger partial charge >= 0.3 is 5.97 Å². The highest BCUT2D eigenvalue weighted by Crippen LogP contribution is 2.38. The Labute approximate surface area is 220 Å². The van der Waals surface area contributed by atoms with Crippen molar-refractivity contribution in [2.24, 2.45) is 0 Å². The van der Waals surface area contributed by atoms with Gasteiger partial charge in [0.05, 0.1) is 19.0 Å². The number of hydrogen-bond acceptors (Lipinski definition) is 4. The quantitative estimate of drug-likeness (QED) is 0.264. The molecule has 0 unspecified atom stereocenters. The van der Waals surface area contributed by atoms with Crippen molar-refractivity contribution in [3.8, 4) is 16.8 Å². The van der Waals surface area contributed by atoms with Gasteiger partial charge in [0.2, 0.25) is 0 Å². The summed E-state index contributed by atoms with van der Waals surface area (Å²) in [4.78, 5) is 18.3. The van der Waals surface area contributed by atoms with Crippen LogP contribution in [0.1, 0.15) is 92.1 Å². The van der Waals surface area contributed by atoms with E-state index in [1.165, 1.54) is 87.2 Å². The number of ether oxygens (including phenoxy) is 1. The Morgan fingerprint density at radius 3 is 1.97 bits per heavy atom. The number of nitrogens with zero attached hydrogens (tertiary/aromatic N) is 2. The molecule has 0 N–H and O–H groups in total. The minimum absolute atomic E-state index is 0.199. The van der Waals surface area contributed by atoms with Crippen molar-refractivity contribution in [1.29, 1.82) is 0 Å². The van der Waals surface area contributed by atoms with E-state index in [0.29, 0.717) is 0 Å². The predicted molar refractivity (Wildman–Crippen MR) is 150 cm³/mol. The number of aromatic nitrogens is 2. The first-order valence-electron chi connectivity index (χ1n) is 13.6. The molecule has 0 atom stereocenters. The fourth-order valence-electron chi connectivity index (χ4n) is 5.48. The highest BCUT2D eigenvalue weighted by Gasteiger charge is 2.23. The lowest BCUT2D eigenvalue weighted by Gasteiger charge is -2.22. The summed E-state index contributed by atoms with van der Waals surface area (Å²) in [6, 6.07) is 11.0. The van der Waals surface area contributed by atoms with Crippen molar-refractivity contribution in [2.45, 2.75) is 88.4 Å². The molecule has 1 heterocycles. The Balaban J connectivity index is 1.77. The second-order valence-corrected chi connectivity index (χ2v) is 10.7. The zero-order valence-electron chi connectivity index (χ0n) is 21.9. The summed E-state index contributed by atoms with van der Waals surface area (Å²) in [7, 11) is 1.51. The van der Waals surface area contributed by atoms with Gasteiger partial charge in [0, 0.05) is 23.0 Å². The van der Waals surface area contributed by atoms with E-state index in [4.69, 9.17) is 4.74 Å². The second kappa shape index (κ2) is 13.7. The number of carbonyl (C=O) groups excluding carboxylic acids is 1. The van der Waals surface area contributed by atoms with Crippen LogP contribution in [0, 0.1) is 0 Å². The third kappa shape index (κ3) is 6.61. The fourth-order valence-corrected chi connectivity index (χ4v) is 6.12. The van der Waals surface area contributed by atoms with Crippen LogP contribution in [-0.2, 0) is 17.6 Å². The average Bonchev–Trinajstić information content (AvgIpc) is 3.45. The maximum Gasteiger partial charge on any atom is 0.339 e. The Morgan fingerprint density at radius 2 is 1.44 bits per heavy atom. The SMILES string of the molecule is COC(=O)c1c(SC)cc(-c2ccc(-n3ccnc3)cc2)c2c1CCCCCCCCCCCCC2. The van der Waals surface area contributed by atoms with Gasteiger partial charge in [-0.2, -0.15) is 0 Å². The first kappa shape index (κ1) is 26.5. The minimum atomic E-state index is -0.199. The van der Waals surface area contributed by atoms with E-state index in [-0.39, 0.29) is 5.97 Å². The van der Waals surface area contributed by atoms with Gasteiger partial charge in [0.15, 0.2) is 0 Å². The van der Waals surface area contributed by atoms with Crippen LogP contribution in [0.2, 0.25) is 0 Å². The number of imidazole rings is 1. The van der Waals surface area contributed by atoms with Crippen LogP contribution < -0.4 is 0 Å². The second-order valence-electron chi connectivity index (χ2n) is 9.86. The van der Waals surface area contributed by atoms with Crippen molar-refractivity contribution >= 4 is 17.7 Å². The standard InChI is InChI=1S/C31H40N2O2S/c1-35-31(34)30-27-15-13-11-9-7-5-3-4-6-8-10-12-14-26(27)28(22-29(30)36-2)24-16-18-25(19-17-24)33-21-20-32-23-33/h16-23H,3-15H2,1-2H3. The van der Waals surface area contributed by atoms with Gasteiger partial charge in [-0.05, 0) is 72.4 Å². The number of rotatable bonds is 4. The number of esters is 1. The summed E-state index contributed by atoms with van der Waals surface area (Å²) in [6.45, 7) is 0. The first-order valence-corrected chi connectivity index (χ1v) is 14.8. The Bertz CT molecular complexity index is 1110. The van der Waals surface area contributed by atoms with Gasteiger partial charge in [0.25, 0.3) is 0 Å². The van der Waals surface area contributed by atoms with Crippen LogP contribution in [0.4, 0.5) is 0 Å². The lowest BCUT2D eigenvalue weighted by molar-refractivity contribution is 0.0595. The summed E-state index contributed by atoms with van der Waals surface area (Å²) in [5.41, 5.74) is 6.93. The highest BCUT2D eigenvalue weighted by atomic mass is 32.2. The maximum absolute atomic E-state index is 13.1. The number of benzene rings is 2. The number of fused-ring (bicyclic) bond motifs is 1. The van der Waals surface area contributed by atoms with E-state index < -0.39 is 0 Å². The minimum Gasteiger partial charge on any atom is -0.465 e. The summed E-state index contributed by atoms with van der Waals surface area (Å²) in [5, 5.41) is 0. The molecule has 0 spiro atoms.